The van der Waals surface area contributed by atoms with Crippen LogP contribution in [0.4, 0.5) is 8.78 Å². The van der Waals surface area contributed by atoms with Crippen LogP contribution in [0.5, 0.6) is 0 Å². The van der Waals surface area contributed by atoms with E-state index in [0.29, 0.717) is 12.0 Å². The largest absolute Gasteiger partial charge is 0.380 e. The predicted molar refractivity (Wildman–Crippen MR) is 124 cm³/mol. The maximum absolute atomic E-state index is 13.6. The molecule has 0 aliphatic rings. The fraction of sp³-hybridized carbons (Fsp3) is 0.200. The van der Waals surface area contributed by atoms with E-state index in [-0.39, 0.29) is 11.6 Å². The molecule has 0 radical (unpaired) electrons. The van der Waals surface area contributed by atoms with Crippen molar-refractivity contribution >= 4 is 18.4 Å². The van der Waals surface area contributed by atoms with Crippen LogP contribution in [0.1, 0.15) is 28.6 Å². The number of benzene rings is 3. The van der Waals surface area contributed by atoms with Gasteiger partial charge in [0.25, 0.3) is 0 Å². The number of nitrogens with zero attached hydrogens (tertiary/aromatic N) is 3. The highest BCUT2D eigenvalue weighted by atomic mass is 28.3. The summed E-state index contributed by atoms with van der Waals surface area (Å²) >= 11 is 0. The van der Waals surface area contributed by atoms with Crippen molar-refractivity contribution in [3.8, 4) is 0 Å². The van der Waals surface area contributed by atoms with Crippen molar-refractivity contribution in [1.29, 1.82) is 0 Å². The smallest absolute Gasteiger partial charge is 0.160 e. The van der Waals surface area contributed by atoms with Gasteiger partial charge >= 0.3 is 0 Å². The number of aromatic nitrogens is 3. The van der Waals surface area contributed by atoms with Gasteiger partial charge in [0.1, 0.15) is 32.1 Å². The van der Waals surface area contributed by atoms with Gasteiger partial charge in [-0.3, -0.25) is 0 Å². The van der Waals surface area contributed by atoms with Gasteiger partial charge in [0, 0.05) is 6.17 Å². The molecular formula is C25H25F2N3OSi. The minimum absolute atomic E-state index is 0.309. The SMILES string of the molecule is Cc1ccc(C)c(C(O)c2ncnn2C[Si](C)(c2ccc(F)cc2)c2ccc(F)cc2)c1. The zero-order valence-electron chi connectivity index (χ0n) is 18.3. The van der Waals surface area contributed by atoms with Gasteiger partial charge in [-0.15, -0.1) is 0 Å². The van der Waals surface area contributed by atoms with Crippen molar-refractivity contribution in [1.82, 2.24) is 14.8 Å². The van der Waals surface area contributed by atoms with Crippen molar-refractivity contribution in [2.75, 3.05) is 0 Å². The van der Waals surface area contributed by atoms with Crippen LogP contribution in [0.15, 0.2) is 73.1 Å². The molecule has 4 rings (SSSR count). The number of halogens is 2. The Bertz CT molecular complexity index is 1180. The third-order valence-corrected chi connectivity index (χ3v) is 10.2. The monoisotopic (exact) mass is 449 g/mol. The van der Waals surface area contributed by atoms with Crippen LogP contribution in [0.3, 0.4) is 0 Å². The number of hydrogen-bond donors (Lipinski definition) is 1. The first-order valence-electron chi connectivity index (χ1n) is 10.4. The Morgan fingerprint density at radius 2 is 1.47 bits per heavy atom. The summed E-state index contributed by atoms with van der Waals surface area (Å²) in [6.07, 6.45) is 0.965. The standard InChI is InChI=1S/C25H25F2N3OSi/c1-17-4-5-18(2)23(14-17)24(31)25-28-15-29-30(25)16-32(3,21-10-6-19(26)7-11-21)22-12-8-20(27)9-13-22/h4-15,24,31H,16H2,1-3H3. The van der Waals surface area contributed by atoms with Gasteiger partial charge in [-0.2, -0.15) is 5.10 Å². The molecule has 1 atom stereocenters. The molecule has 164 valence electrons. The summed E-state index contributed by atoms with van der Waals surface area (Å²) in [4.78, 5) is 4.37. The van der Waals surface area contributed by atoms with Crippen molar-refractivity contribution in [3.05, 3.63) is 107 Å². The first kappa shape index (κ1) is 22.0. The molecule has 0 fully saturated rings. The number of rotatable bonds is 6. The Labute approximate surface area is 187 Å². The third-order valence-electron chi connectivity index (χ3n) is 6.05. The van der Waals surface area contributed by atoms with Crippen molar-refractivity contribution in [3.63, 3.8) is 0 Å². The van der Waals surface area contributed by atoms with Crippen LogP contribution in [-0.4, -0.2) is 27.9 Å². The molecule has 1 N–H and O–H groups in total. The molecule has 1 unspecified atom stereocenters. The lowest BCUT2D eigenvalue weighted by molar-refractivity contribution is 0.203. The second-order valence-electron chi connectivity index (χ2n) is 8.38. The molecule has 32 heavy (non-hydrogen) atoms. The Morgan fingerprint density at radius 1 is 0.906 bits per heavy atom. The van der Waals surface area contributed by atoms with E-state index in [2.05, 4.69) is 16.6 Å². The second kappa shape index (κ2) is 8.76. The van der Waals surface area contributed by atoms with Crippen molar-refractivity contribution < 1.29 is 13.9 Å². The fourth-order valence-corrected chi connectivity index (χ4v) is 7.43. The first-order chi connectivity index (χ1) is 15.3. The minimum Gasteiger partial charge on any atom is -0.380 e. The van der Waals surface area contributed by atoms with Crippen LogP contribution in [0.25, 0.3) is 0 Å². The molecule has 4 nitrogen and oxygen atoms in total. The fourth-order valence-electron chi connectivity index (χ4n) is 4.08. The van der Waals surface area contributed by atoms with Crippen LogP contribution < -0.4 is 10.4 Å². The van der Waals surface area contributed by atoms with Crippen LogP contribution in [0.2, 0.25) is 6.55 Å². The summed E-state index contributed by atoms with van der Waals surface area (Å²) < 4.78 is 29.0. The lowest BCUT2D eigenvalue weighted by atomic mass is 10.0. The maximum atomic E-state index is 13.6. The molecule has 0 spiro atoms. The lowest BCUT2D eigenvalue weighted by Crippen LogP contribution is -2.59. The van der Waals surface area contributed by atoms with Gasteiger partial charge < -0.3 is 5.11 Å². The lowest BCUT2D eigenvalue weighted by Gasteiger charge is -2.29. The van der Waals surface area contributed by atoms with E-state index in [1.54, 1.807) is 28.9 Å². The average Bonchev–Trinajstić information content (AvgIpc) is 3.23. The van der Waals surface area contributed by atoms with Crippen LogP contribution in [-0.2, 0) is 6.17 Å². The molecule has 1 heterocycles. The summed E-state index contributed by atoms with van der Waals surface area (Å²) in [5.41, 5.74) is 2.80. The first-order valence-corrected chi connectivity index (χ1v) is 13.1. The van der Waals surface area contributed by atoms with E-state index in [1.165, 1.54) is 30.6 Å². The van der Waals surface area contributed by atoms with Gasteiger partial charge in [0.2, 0.25) is 0 Å². The molecule has 7 heteroatoms. The van der Waals surface area contributed by atoms with E-state index in [9.17, 15) is 13.9 Å². The molecule has 3 aromatic carbocycles. The summed E-state index contributed by atoms with van der Waals surface area (Å²) in [5.74, 6) is -0.173. The molecule has 0 saturated heterocycles. The van der Waals surface area contributed by atoms with Gasteiger partial charge in [-0.25, -0.2) is 18.4 Å². The molecule has 0 aliphatic carbocycles. The molecular weight excluding hydrogens is 424 g/mol. The summed E-state index contributed by atoms with van der Waals surface area (Å²) in [6, 6.07) is 18.8. The quantitative estimate of drug-likeness (QED) is 0.457. The molecule has 1 aromatic heterocycles. The van der Waals surface area contributed by atoms with Crippen molar-refractivity contribution in [2.45, 2.75) is 32.7 Å². The zero-order valence-corrected chi connectivity index (χ0v) is 19.3. The highest BCUT2D eigenvalue weighted by Crippen LogP contribution is 2.25. The van der Waals surface area contributed by atoms with Crippen LogP contribution in [0, 0.1) is 25.5 Å². The zero-order chi connectivity index (χ0) is 22.9. The topological polar surface area (TPSA) is 50.9 Å². The molecule has 0 bridgehead atoms. The number of aliphatic hydroxyl groups excluding tert-OH is 1. The van der Waals surface area contributed by atoms with Crippen molar-refractivity contribution in [2.24, 2.45) is 0 Å². The minimum atomic E-state index is -2.54. The number of hydrogen-bond acceptors (Lipinski definition) is 3. The van der Waals surface area contributed by atoms with Gasteiger partial charge in [0.05, 0.1) is 0 Å². The Hall–Kier alpha value is -3.16. The molecule has 4 aromatic rings. The Balaban J connectivity index is 1.77. The van der Waals surface area contributed by atoms with E-state index < -0.39 is 14.2 Å². The Morgan fingerprint density at radius 3 is 2.03 bits per heavy atom. The molecule has 0 aliphatic heterocycles. The number of aryl methyl sites for hydroxylation is 2. The van der Waals surface area contributed by atoms with E-state index >= 15 is 0 Å². The highest BCUT2D eigenvalue weighted by Gasteiger charge is 2.35. The number of aliphatic hydroxyl groups is 1. The summed E-state index contributed by atoms with van der Waals surface area (Å²) in [6.45, 7) is 6.06. The second-order valence-corrected chi connectivity index (χ2v) is 12.5. The van der Waals surface area contributed by atoms with Gasteiger partial charge in [0.15, 0.2) is 5.82 Å². The molecule has 0 amide bonds. The van der Waals surface area contributed by atoms with E-state index in [1.807, 2.05) is 32.0 Å². The normalized spacial score (nSPS) is 12.7. The summed E-state index contributed by atoms with van der Waals surface area (Å²) in [5, 5.41) is 17.5. The van der Waals surface area contributed by atoms with Gasteiger partial charge in [-0.05, 0) is 49.2 Å². The predicted octanol–water partition coefficient (Wildman–Crippen LogP) is 3.69. The van der Waals surface area contributed by atoms with Gasteiger partial charge in [-0.1, -0.05) is 64.9 Å². The van der Waals surface area contributed by atoms with E-state index in [0.717, 1.165) is 27.1 Å². The third kappa shape index (κ3) is 4.26. The van der Waals surface area contributed by atoms with E-state index in [4.69, 9.17) is 0 Å². The molecule has 0 saturated carbocycles. The highest BCUT2D eigenvalue weighted by molar-refractivity contribution is 7.00. The average molecular weight is 450 g/mol. The Kier molecular flexibility index (Phi) is 6.04. The summed E-state index contributed by atoms with van der Waals surface area (Å²) in [7, 11) is -2.54. The van der Waals surface area contributed by atoms with Crippen LogP contribution >= 0.6 is 0 Å². The maximum Gasteiger partial charge on any atom is 0.160 e.